The van der Waals surface area contributed by atoms with Crippen LogP contribution in [-0.4, -0.2) is 19.5 Å². The van der Waals surface area contributed by atoms with Crippen LogP contribution in [0.4, 0.5) is 11.5 Å². The van der Waals surface area contributed by atoms with Crippen molar-refractivity contribution in [2.24, 2.45) is 5.73 Å². The van der Waals surface area contributed by atoms with E-state index in [9.17, 15) is 0 Å². The molecule has 0 unspecified atom stereocenters. The molecule has 0 saturated heterocycles. The number of hydrogen-bond donors (Lipinski definition) is 3. The summed E-state index contributed by atoms with van der Waals surface area (Å²) in [5, 5.41) is 4.65. The number of nitrogens with two attached hydrogens (primary N) is 1. The molecule has 46 heavy (non-hydrogen) atoms. The summed E-state index contributed by atoms with van der Waals surface area (Å²) in [7, 11) is 0. The molecule has 1 saturated carbocycles. The van der Waals surface area contributed by atoms with E-state index in [2.05, 4.69) is 93.7 Å². The summed E-state index contributed by atoms with van der Waals surface area (Å²) in [5.41, 5.74) is 16.5. The lowest BCUT2D eigenvalue weighted by Gasteiger charge is -2.38. The van der Waals surface area contributed by atoms with Crippen LogP contribution < -0.4 is 15.8 Å². The van der Waals surface area contributed by atoms with Gasteiger partial charge in [0.2, 0.25) is 0 Å². The van der Waals surface area contributed by atoms with Gasteiger partial charge in [-0.05, 0) is 72.9 Å². The highest BCUT2D eigenvalue weighted by atomic mass is 16.5. The zero-order valence-corrected chi connectivity index (χ0v) is 25.2. The molecule has 7 nitrogen and oxygen atoms in total. The van der Waals surface area contributed by atoms with E-state index < -0.39 is 0 Å². The second-order valence-electron chi connectivity index (χ2n) is 12.3. The molecule has 4 N–H and O–H groups in total. The second kappa shape index (κ2) is 10.5. The van der Waals surface area contributed by atoms with Gasteiger partial charge in [-0.25, -0.2) is 9.97 Å². The number of aromatic nitrogens is 4. The van der Waals surface area contributed by atoms with Crippen LogP contribution in [0.25, 0.3) is 50.6 Å². The third-order valence-electron chi connectivity index (χ3n) is 9.40. The van der Waals surface area contributed by atoms with Gasteiger partial charge in [-0.2, -0.15) is 0 Å². The number of pyridine rings is 1. The van der Waals surface area contributed by atoms with Gasteiger partial charge in [-0.3, -0.25) is 4.57 Å². The minimum absolute atomic E-state index is 0.230. The Morgan fingerprint density at radius 1 is 0.848 bits per heavy atom. The summed E-state index contributed by atoms with van der Waals surface area (Å²) in [5.74, 6) is 2.44. The summed E-state index contributed by atoms with van der Waals surface area (Å²) < 4.78 is 8.40. The molecule has 1 aliphatic carbocycles. The van der Waals surface area contributed by atoms with Crippen LogP contribution >= 0.6 is 0 Å². The number of nitrogens with one attached hydrogen (secondary N) is 2. The summed E-state index contributed by atoms with van der Waals surface area (Å²) in [6.07, 6.45) is 5.04. The average molecular weight is 601 g/mol. The van der Waals surface area contributed by atoms with Crippen molar-refractivity contribution in [1.82, 2.24) is 19.5 Å². The van der Waals surface area contributed by atoms with Crippen LogP contribution in [-0.2, 0) is 12.1 Å². The normalized spacial score (nSPS) is 14.4. The quantitative estimate of drug-likeness (QED) is 0.177. The number of imidazole rings is 1. The molecular weight excluding hydrogens is 568 g/mol. The molecule has 3 aromatic heterocycles. The minimum atomic E-state index is -0.230. The van der Waals surface area contributed by atoms with E-state index in [0.717, 1.165) is 86.3 Å². The zero-order valence-electron chi connectivity index (χ0n) is 25.2. The molecule has 0 bridgehead atoms. The summed E-state index contributed by atoms with van der Waals surface area (Å²) in [6.45, 7) is 0.513. The van der Waals surface area contributed by atoms with Crippen molar-refractivity contribution in [2.45, 2.75) is 31.4 Å². The van der Waals surface area contributed by atoms with Crippen LogP contribution in [0.2, 0.25) is 0 Å². The fraction of sp³-hybridized carbons (Fsp3) is 0.128. The first-order valence-corrected chi connectivity index (χ1v) is 15.8. The fourth-order valence-electron chi connectivity index (χ4n) is 6.75. The van der Waals surface area contributed by atoms with Crippen molar-refractivity contribution in [2.75, 3.05) is 5.32 Å². The number of nitrogens with zero attached hydrogens (tertiary/aromatic N) is 3. The van der Waals surface area contributed by atoms with Crippen molar-refractivity contribution in [3.8, 4) is 45.5 Å². The number of anilines is 2. The number of rotatable bonds is 6. The van der Waals surface area contributed by atoms with Crippen molar-refractivity contribution in [3.05, 3.63) is 133 Å². The predicted molar refractivity (Wildman–Crippen MR) is 183 cm³/mol. The SMILES string of the molecule is NC1(c2ccc(-c3c(-c4cc5ccc(OCc6ccccc6)cc5[nH]4)nc4n3-c3cccnc3Nc3ccccc3-4)cc2)CCC1. The molecule has 4 aromatic carbocycles. The highest BCUT2D eigenvalue weighted by Crippen LogP contribution is 2.45. The molecule has 0 radical (unpaired) electrons. The number of H-pyrrole nitrogens is 1. The maximum absolute atomic E-state index is 6.72. The third kappa shape index (κ3) is 4.39. The van der Waals surface area contributed by atoms with Crippen LogP contribution in [0.3, 0.4) is 0 Å². The Morgan fingerprint density at radius 2 is 1.67 bits per heavy atom. The molecule has 224 valence electrons. The van der Waals surface area contributed by atoms with Crippen molar-refractivity contribution in [3.63, 3.8) is 0 Å². The average Bonchev–Trinajstić information content (AvgIpc) is 3.66. The van der Waals surface area contributed by atoms with Crippen LogP contribution in [0.1, 0.15) is 30.4 Å². The monoisotopic (exact) mass is 600 g/mol. The Labute approximate surface area is 266 Å². The van der Waals surface area contributed by atoms with Gasteiger partial charge in [0, 0.05) is 39.8 Å². The van der Waals surface area contributed by atoms with E-state index in [1.165, 1.54) is 12.0 Å². The first-order chi connectivity index (χ1) is 22.6. The maximum atomic E-state index is 6.72. The predicted octanol–water partition coefficient (Wildman–Crippen LogP) is 8.72. The highest BCUT2D eigenvalue weighted by Gasteiger charge is 2.34. The topological polar surface area (TPSA) is 93.8 Å². The fourth-order valence-corrected chi connectivity index (χ4v) is 6.75. The van der Waals surface area contributed by atoms with Gasteiger partial charge >= 0.3 is 0 Å². The molecule has 2 aliphatic rings. The van der Waals surface area contributed by atoms with Crippen molar-refractivity contribution in [1.29, 1.82) is 0 Å². The second-order valence-corrected chi connectivity index (χ2v) is 12.3. The molecule has 4 heterocycles. The van der Waals surface area contributed by atoms with E-state index in [-0.39, 0.29) is 5.54 Å². The van der Waals surface area contributed by atoms with Crippen LogP contribution in [0.15, 0.2) is 121 Å². The molecule has 9 rings (SSSR count). The number of fused-ring (bicyclic) bond motifs is 6. The van der Waals surface area contributed by atoms with E-state index >= 15 is 0 Å². The van der Waals surface area contributed by atoms with E-state index in [4.69, 9.17) is 20.4 Å². The first kappa shape index (κ1) is 26.7. The Bertz CT molecular complexity index is 2230. The number of para-hydroxylation sites is 1. The first-order valence-electron chi connectivity index (χ1n) is 15.8. The molecule has 0 spiro atoms. The van der Waals surface area contributed by atoms with Gasteiger partial charge in [0.25, 0.3) is 0 Å². The largest absolute Gasteiger partial charge is 0.489 e. The number of ether oxygens (including phenoxy) is 1. The number of aromatic amines is 1. The highest BCUT2D eigenvalue weighted by molar-refractivity contribution is 5.93. The molecule has 7 heteroatoms. The Morgan fingerprint density at radius 3 is 2.50 bits per heavy atom. The molecule has 1 aliphatic heterocycles. The van der Waals surface area contributed by atoms with E-state index in [0.29, 0.717) is 6.61 Å². The summed E-state index contributed by atoms with van der Waals surface area (Å²) in [4.78, 5) is 13.8. The summed E-state index contributed by atoms with van der Waals surface area (Å²) in [6, 6.07) is 39.7. The zero-order chi connectivity index (χ0) is 30.7. The maximum Gasteiger partial charge on any atom is 0.154 e. The number of benzene rings is 4. The standard InChI is InChI=1S/C39H32N6O/c40-39(19-7-20-39)28-16-13-26(14-17-28)36-35(33-22-27-15-18-29(23-32(27)42-33)46-24-25-8-2-1-3-9-25)44-38-30-10-4-5-11-31(30)43-37-34(45(36)38)12-6-21-41-37/h1-6,8-18,21-23,42H,7,19-20,24,40H2,(H,41,43). The lowest BCUT2D eigenvalue weighted by molar-refractivity contribution is 0.253. The molecule has 0 atom stereocenters. The van der Waals surface area contributed by atoms with Crippen LogP contribution in [0, 0.1) is 0 Å². The van der Waals surface area contributed by atoms with Gasteiger partial charge in [-0.15, -0.1) is 0 Å². The Balaban J connectivity index is 1.22. The van der Waals surface area contributed by atoms with Gasteiger partial charge in [0.05, 0.1) is 22.8 Å². The Kier molecular flexibility index (Phi) is 6.08. The van der Waals surface area contributed by atoms with Gasteiger partial charge < -0.3 is 20.8 Å². The van der Waals surface area contributed by atoms with Gasteiger partial charge in [-0.1, -0.05) is 66.7 Å². The molecule has 1 fully saturated rings. The molecule has 0 amide bonds. The van der Waals surface area contributed by atoms with E-state index in [1.54, 1.807) is 0 Å². The third-order valence-corrected chi connectivity index (χ3v) is 9.40. The summed E-state index contributed by atoms with van der Waals surface area (Å²) >= 11 is 0. The smallest absolute Gasteiger partial charge is 0.154 e. The van der Waals surface area contributed by atoms with Crippen molar-refractivity contribution < 1.29 is 4.74 Å². The lowest BCUT2D eigenvalue weighted by Crippen LogP contribution is -2.43. The van der Waals surface area contributed by atoms with Gasteiger partial charge in [0.15, 0.2) is 5.82 Å². The lowest BCUT2D eigenvalue weighted by atomic mass is 9.72. The van der Waals surface area contributed by atoms with E-state index in [1.807, 2.05) is 42.6 Å². The minimum Gasteiger partial charge on any atom is -0.489 e. The Hall–Kier alpha value is -5.66. The van der Waals surface area contributed by atoms with Crippen molar-refractivity contribution >= 4 is 22.4 Å². The number of hydrogen-bond acceptors (Lipinski definition) is 5. The molecular formula is C39H32N6O. The van der Waals surface area contributed by atoms with Gasteiger partial charge in [0.1, 0.15) is 23.9 Å². The molecule has 7 aromatic rings. The van der Waals surface area contributed by atoms with Crippen LogP contribution in [0.5, 0.6) is 5.75 Å².